The fourth-order valence-corrected chi connectivity index (χ4v) is 3.74. The first kappa shape index (κ1) is 18.0. The lowest BCUT2D eigenvalue weighted by atomic mass is 9.97. The highest BCUT2D eigenvalue weighted by molar-refractivity contribution is 6.00. The van der Waals surface area contributed by atoms with E-state index in [4.69, 9.17) is 9.47 Å². The van der Waals surface area contributed by atoms with Crippen molar-refractivity contribution in [2.45, 2.75) is 12.3 Å². The van der Waals surface area contributed by atoms with Crippen molar-refractivity contribution in [3.8, 4) is 22.9 Å². The minimum atomic E-state index is -0.00337. The third kappa shape index (κ3) is 3.31. The number of hydrogen-bond acceptors (Lipinski definition) is 5. The van der Waals surface area contributed by atoms with Crippen LogP contribution in [0.15, 0.2) is 48.8 Å². The third-order valence-electron chi connectivity index (χ3n) is 5.18. The Labute approximate surface area is 163 Å². The zero-order chi connectivity index (χ0) is 19.5. The number of ether oxygens (including phenoxy) is 2. The number of likely N-dealkylation sites (tertiary alicyclic amines) is 1. The van der Waals surface area contributed by atoms with E-state index >= 15 is 0 Å². The maximum Gasteiger partial charge on any atom is 0.254 e. The Kier molecular flexibility index (Phi) is 4.97. The molecule has 0 bridgehead atoms. The largest absolute Gasteiger partial charge is 0.497 e. The summed E-state index contributed by atoms with van der Waals surface area (Å²) in [5.41, 5.74) is 2.45. The molecule has 0 aliphatic carbocycles. The van der Waals surface area contributed by atoms with Gasteiger partial charge in [-0.3, -0.25) is 9.89 Å². The molecule has 1 aromatic heterocycles. The molecule has 2 aromatic carbocycles. The number of benzene rings is 2. The molecule has 1 atom stereocenters. The molecule has 1 fully saturated rings. The summed E-state index contributed by atoms with van der Waals surface area (Å²) in [6.45, 7) is 1.32. The Hall–Kier alpha value is -3.35. The molecule has 1 amide bonds. The highest BCUT2D eigenvalue weighted by Gasteiger charge is 2.31. The monoisotopic (exact) mass is 378 g/mol. The van der Waals surface area contributed by atoms with E-state index in [1.165, 1.54) is 6.33 Å². The van der Waals surface area contributed by atoms with Gasteiger partial charge in [-0.2, -0.15) is 5.10 Å². The average Bonchev–Trinajstić information content (AvgIpc) is 3.45. The van der Waals surface area contributed by atoms with E-state index in [-0.39, 0.29) is 11.8 Å². The molecular formula is C21H22N4O3. The maximum atomic E-state index is 13.2. The normalized spacial score (nSPS) is 16.2. The van der Waals surface area contributed by atoms with E-state index in [1.807, 2.05) is 47.4 Å². The highest BCUT2D eigenvalue weighted by atomic mass is 16.5. The molecule has 7 heteroatoms. The number of hydrogen-bond donors (Lipinski definition) is 1. The number of methoxy groups -OCH3 is 2. The molecule has 28 heavy (non-hydrogen) atoms. The summed E-state index contributed by atoms with van der Waals surface area (Å²) in [6.07, 6.45) is 2.32. The summed E-state index contributed by atoms with van der Waals surface area (Å²) in [4.78, 5) is 19.3. The molecule has 1 saturated heterocycles. The molecule has 0 unspecified atom stereocenters. The minimum absolute atomic E-state index is 0.00337. The Bertz CT molecular complexity index is 972. The van der Waals surface area contributed by atoms with Crippen molar-refractivity contribution in [3.05, 3.63) is 59.9 Å². The van der Waals surface area contributed by atoms with E-state index in [2.05, 4.69) is 15.2 Å². The van der Waals surface area contributed by atoms with Gasteiger partial charge in [-0.05, 0) is 30.7 Å². The molecule has 0 radical (unpaired) electrons. The van der Waals surface area contributed by atoms with Gasteiger partial charge in [0.05, 0.1) is 19.8 Å². The Morgan fingerprint density at radius 3 is 2.79 bits per heavy atom. The summed E-state index contributed by atoms with van der Waals surface area (Å²) < 4.78 is 10.9. The van der Waals surface area contributed by atoms with E-state index in [1.54, 1.807) is 14.2 Å². The van der Waals surface area contributed by atoms with Gasteiger partial charge in [0.15, 0.2) is 5.82 Å². The maximum absolute atomic E-state index is 13.2. The van der Waals surface area contributed by atoms with Crippen molar-refractivity contribution in [2.24, 2.45) is 0 Å². The molecule has 4 rings (SSSR count). The third-order valence-corrected chi connectivity index (χ3v) is 5.18. The zero-order valence-corrected chi connectivity index (χ0v) is 15.9. The molecule has 7 nitrogen and oxygen atoms in total. The first-order valence-electron chi connectivity index (χ1n) is 9.17. The van der Waals surface area contributed by atoms with Crippen LogP contribution in [0.5, 0.6) is 11.5 Å². The second kappa shape index (κ2) is 7.72. The first-order valence-corrected chi connectivity index (χ1v) is 9.17. The number of H-pyrrole nitrogens is 1. The lowest BCUT2D eigenvalue weighted by Crippen LogP contribution is -2.29. The quantitative estimate of drug-likeness (QED) is 0.738. The number of aromatic amines is 1. The van der Waals surface area contributed by atoms with Gasteiger partial charge in [0.2, 0.25) is 0 Å². The summed E-state index contributed by atoms with van der Waals surface area (Å²) in [5, 5.41) is 6.74. The van der Waals surface area contributed by atoms with Crippen LogP contribution in [0.1, 0.15) is 28.3 Å². The smallest absolute Gasteiger partial charge is 0.254 e. The zero-order valence-electron chi connectivity index (χ0n) is 15.9. The van der Waals surface area contributed by atoms with Gasteiger partial charge in [0.25, 0.3) is 5.91 Å². The number of nitrogens with one attached hydrogen (secondary N) is 1. The van der Waals surface area contributed by atoms with Crippen molar-refractivity contribution in [1.29, 1.82) is 0 Å². The molecule has 1 aliphatic heterocycles. The fraction of sp³-hybridized carbons (Fsp3) is 0.286. The van der Waals surface area contributed by atoms with E-state index in [9.17, 15) is 4.79 Å². The Balaban J connectivity index is 1.58. The number of carbonyl (C=O) groups is 1. The number of aromatic nitrogens is 3. The summed E-state index contributed by atoms with van der Waals surface area (Å²) >= 11 is 0. The lowest BCUT2D eigenvalue weighted by molar-refractivity contribution is 0.0791. The van der Waals surface area contributed by atoms with Gasteiger partial charge < -0.3 is 14.4 Å². The van der Waals surface area contributed by atoms with Gasteiger partial charge in [-0.15, -0.1) is 0 Å². The lowest BCUT2D eigenvalue weighted by Gasteiger charge is -2.19. The van der Waals surface area contributed by atoms with Crippen molar-refractivity contribution in [3.63, 3.8) is 0 Å². The van der Waals surface area contributed by atoms with Crippen molar-refractivity contribution < 1.29 is 14.3 Å². The first-order chi connectivity index (χ1) is 13.7. The Morgan fingerprint density at radius 1 is 1.18 bits per heavy atom. The van der Waals surface area contributed by atoms with Gasteiger partial charge in [-0.25, -0.2) is 4.98 Å². The number of rotatable bonds is 5. The molecule has 1 N–H and O–H groups in total. The Morgan fingerprint density at radius 2 is 2.04 bits per heavy atom. The number of carbonyl (C=O) groups excluding carboxylic acids is 1. The van der Waals surface area contributed by atoms with Crippen LogP contribution in [-0.4, -0.2) is 53.3 Å². The molecule has 144 valence electrons. The van der Waals surface area contributed by atoms with Crippen LogP contribution >= 0.6 is 0 Å². The van der Waals surface area contributed by atoms with Crippen LogP contribution in [0.2, 0.25) is 0 Å². The summed E-state index contributed by atoms with van der Waals surface area (Å²) in [5.74, 6) is 2.40. The number of amides is 1. The van der Waals surface area contributed by atoms with Crippen LogP contribution in [0.25, 0.3) is 11.4 Å². The predicted octanol–water partition coefficient (Wildman–Crippen LogP) is 3.12. The number of nitrogens with zero attached hydrogens (tertiary/aromatic N) is 3. The van der Waals surface area contributed by atoms with Crippen LogP contribution in [0, 0.1) is 0 Å². The second-order valence-electron chi connectivity index (χ2n) is 6.72. The van der Waals surface area contributed by atoms with Crippen LogP contribution < -0.4 is 9.47 Å². The van der Waals surface area contributed by atoms with E-state index in [0.29, 0.717) is 24.5 Å². The van der Waals surface area contributed by atoms with Crippen molar-refractivity contribution in [2.75, 3.05) is 27.3 Å². The summed E-state index contributed by atoms with van der Waals surface area (Å²) in [6, 6.07) is 13.3. The van der Waals surface area contributed by atoms with Crippen LogP contribution in [0.3, 0.4) is 0 Å². The highest BCUT2D eigenvalue weighted by Crippen LogP contribution is 2.36. The molecule has 1 aliphatic rings. The standard InChI is InChI=1S/C21H22N4O3/c1-27-15-7-8-19(28-2)18(11-15)14-9-10-25(12-14)21(26)17-6-4-3-5-16(17)20-22-13-23-24-20/h3-8,11,13-14H,9-10,12H2,1-2H3,(H,22,23,24)/t14-/m0/s1. The van der Waals surface area contributed by atoms with Gasteiger partial charge in [-0.1, -0.05) is 18.2 Å². The second-order valence-corrected chi connectivity index (χ2v) is 6.72. The van der Waals surface area contributed by atoms with E-state index in [0.717, 1.165) is 29.0 Å². The average molecular weight is 378 g/mol. The molecular weight excluding hydrogens is 356 g/mol. The molecule has 0 saturated carbocycles. The van der Waals surface area contributed by atoms with Crippen molar-refractivity contribution in [1.82, 2.24) is 20.1 Å². The molecule has 0 spiro atoms. The molecule has 3 aromatic rings. The molecule has 2 heterocycles. The van der Waals surface area contributed by atoms with Crippen LogP contribution in [0.4, 0.5) is 0 Å². The van der Waals surface area contributed by atoms with E-state index < -0.39 is 0 Å². The predicted molar refractivity (Wildman–Crippen MR) is 105 cm³/mol. The van der Waals surface area contributed by atoms with Crippen LogP contribution in [-0.2, 0) is 0 Å². The SMILES string of the molecule is COc1ccc(OC)c([C@H]2CCN(C(=O)c3ccccc3-c3ncn[nH]3)C2)c1. The van der Waals surface area contributed by atoms with Gasteiger partial charge in [0, 0.05) is 30.1 Å². The fourth-order valence-electron chi connectivity index (χ4n) is 3.74. The van der Waals surface area contributed by atoms with Gasteiger partial charge in [0.1, 0.15) is 17.8 Å². The topological polar surface area (TPSA) is 80.3 Å². The van der Waals surface area contributed by atoms with Gasteiger partial charge >= 0.3 is 0 Å². The van der Waals surface area contributed by atoms with Crippen molar-refractivity contribution >= 4 is 5.91 Å². The minimum Gasteiger partial charge on any atom is -0.497 e. The summed E-state index contributed by atoms with van der Waals surface area (Å²) in [7, 11) is 3.31.